The van der Waals surface area contributed by atoms with Gasteiger partial charge in [-0.15, -0.1) is 0 Å². The molecule has 6 nitrogen and oxygen atoms in total. The number of hydrogen-bond acceptors (Lipinski definition) is 3. The van der Waals surface area contributed by atoms with Gasteiger partial charge in [-0.2, -0.15) is 0 Å². The normalized spacial score (nSPS) is 10.1. The van der Waals surface area contributed by atoms with E-state index in [0.717, 1.165) is 11.3 Å². The third-order valence-electron chi connectivity index (χ3n) is 4.31. The second kappa shape index (κ2) is 9.41. The molecule has 0 aliphatic rings. The van der Waals surface area contributed by atoms with Gasteiger partial charge in [-0.05, 0) is 48.0 Å². The third-order valence-corrected chi connectivity index (χ3v) is 4.31. The Hall–Kier alpha value is -3.80. The van der Waals surface area contributed by atoms with Gasteiger partial charge in [0.2, 0.25) is 0 Å². The number of carbonyl (C=O) groups is 2. The number of ether oxygens (including phenoxy) is 1. The van der Waals surface area contributed by atoms with Crippen LogP contribution in [0.25, 0.3) is 0 Å². The molecule has 3 aromatic rings. The van der Waals surface area contributed by atoms with Gasteiger partial charge in [-0.3, -0.25) is 4.79 Å². The Morgan fingerprint density at radius 2 is 1.55 bits per heavy atom. The number of benzene rings is 3. The topological polar surface area (TPSA) is 70.7 Å². The van der Waals surface area contributed by atoms with Crippen LogP contribution in [0.15, 0.2) is 78.9 Å². The molecule has 0 fully saturated rings. The number of rotatable bonds is 6. The van der Waals surface area contributed by atoms with E-state index >= 15 is 0 Å². The first-order chi connectivity index (χ1) is 14.0. The molecule has 0 aliphatic heterocycles. The fraction of sp³-hybridized carbons (Fsp3) is 0.130. The monoisotopic (exact) mass is 389 g/mol. The molecule has 3 amide bonds. The SMILES string of the molecule is COc1cccc(CN(C)C(=O)Nc2cccc(NC(=O)c3ccccc3)c2)c1. The minimum Gasteiger partial charge on any atom is -0.497 e. The summed E-state index contributed by atoms with van der Waals surface area (Å²) in [5.41, 5.74) is 2.73. The lowest BCUT2D eigenvalue weighted by atomic mass is 10.2. The van der Waals surface area contributed by atoms with Gasteiger partial charge in [0.15, 0.2) is 0 Å². The first-order valence-corrected chi connectivity index (χ1v) is 9.16. The standard InChI is InChI=1S/C23H23N3O3/c1-26(16-17-8-6-13-21(14-17)29-2)23(28)25-20-12-7-11-19(15-20)24-22(27)18-9-4-3-5-10-18/h3-15H,16H2,1-2H3,(H,24,27)(H,25,28). The Kier molecular flexibility index (Phi) is 6.47. The van der Waals surface area contributed by atoms with Crippen LogP contribution in [-0.4, -0.2) is 31.0 Å². The second-order valence-electron chi connectivity index (χ2n) is 6.54. The molecule has 3 rings (SSSR count). The van der Waals surface area contributed by atoms with Gasteiger partial charge in [0.25, 0.3) is 5.91 Å². The molecule has 0 aliphatic carbocycles. The average Bonchev–Trinajstić information content (AvgIpc) is 2.74. The third kappa shape index (κ3) is 5.59. The average molecular weight is 389 g/mol. The van der Waals surface area contributed by atoms with Crippen molar-refractivity contribution in [1.29, 1.82) is 0 Å². The molecular formula is C23H23N3O3. The van der Waals surface area contributed by atoms with Crippen molar-refractivity contribution in [3.8, 4) is 5.75 Å². The van der Waals surface area contributed by atoms with Gasteiger partial charge >= 0.3 is 6.03 Å². The molecule has 0 bridgehead atoms. The zero-order valence-electron chi connectivity index (χ0n) is 16.4. The van der Waals surface area contributed by atoms with Gasteiger partial charge in [-0.1, -0.05) is 36.4 Å². The fourth-order valence-electron chi connectivity index (χ4n) is 2.80. The lowest BCUT2D eigenvalue weighted by Crippen LogP contribution is -2.30. The number of methoxy groups -OCH3 is 1. The van der Waals surface area contributed by atoms with Crippen molar-refractivity contribution < 1.29 is 14.3 Å². The van der Waals surface area contributed by atoms with Crippen molar-refractivity contribution in [2.75, 3.05) is 24.8 Å². The van der Waals surface area contributed by atoms with Gasteiger partial charge in [-0.25, -0.2) is 4.79 Å². The quantitative estimate of drug-likeness (QED) is 0.647. The van der Waals surface area contributed by atoms with Gasteiger partial charge in [0, 0.05) is 30.5 Å². The Morgan fingerprint density at radius 1 is 0.862 bits per heavy atom. The lowest BCUT2D eigenvalue weighted by Gasteiger charge is -2.19. The van der Waals surface area contributed by atoms with Crippen LogP contribution in [0.1, 0.15) is 15.9 Å². The molecular weight excluding hydrogens is 366 g/mol. The summed E-state index contributed by atoms with van der Waals surface area (Å²) in [4.78, 5) is 26.4. The largest absolute Gasteiger partial charge is 0.497 e. The molecule has 29 heavy (non-hydrogen) atoms. The summed E-state index contributed by atoms with van der Waals surface area (Å²) in [5, 5.41) is 5.68. The van der Waals surface area contributed by atoms with E-state index in [0.29, 0.717) is 23.5 Å². The van der Waals surface area contributed by atoms with Crippen LogP contribution in [0.3, 0.4) is 0 Å². The minimum absolute atomic E-state index is 0.204. The van der Waals surface area contributed by atoms with E-state index in [1.807, 2.05) is 42.5 Å². The Morgan fingerprint density at radius 3 is 2.28 bits per heavy atom. The van der Waals surface area contributed by atoms with Gasteiger partial charge < -0.3 is 20.3 Å². The molecule has 3 aromatic carbocycles. The van der Waals surface area contributed by atoms with Crippen LogP contribution in [0.2, 0.25) is 0 Å². The summed E-state index contributed by atoms with van der Waals surface area (Å²) in [6.45, 7) is 0.438. The van der Waals surface area contributed by atoms with Crippen molar-refractivity contribution in [2.45, 2.75) is 6.54 Å². The molecule has 0 radical (unpaired) electrons. The van der Waals surface area contributed by atoms with Crippen molar-refractivity contribution >= 4 is 23.3 Å². The van der Waals surface area contributed by atoms with E-state index in [4.69, 9.17) is 4.74 Å². The predicted octanol–water partition coefficient (Wildman–Crippen LogP) is 4.61. The molecule has 148 valence electrons. The molecule has 0 unspecified atom stereocenters. The van der Waals surface area contributed by atoms with Crippen LogP contribution in [0, 0.1) is 0 Å². The second-order valence-corrected chi connectivity index (χ2v) is 6.54. The van der Waals surface area contributed by atoms with Crippen LogP contribution in [-0.2, 0) is 6.54 Å². The highest BCUT2D eigenvalue weighted by atomic mass is 16.5. The summed E-state index contributed by atoms with van der Waals surface area (Å²) < 4.78 is 5.22. The molecule has 0 aromatic heterocycles. The first kappa shape index (κ1) is 19.9. The van der Waals surface area contributed by atoms with E-state index in [-0.39, 0.29) is 11.9 Å². The smallest absolute Gasteiger partial charge is 0.321 e. The van der Waals surface area contributed by atoms with Gasteiger partial charge in [0.05, 0.1) is 7.11 Å². The van der Waals surface area contributed by atoms with Crippen molar-refractivity contribution in [1.82, 2.24) is 4.90 Å². The van der Waals surface area contributed by atoms with Crippen molar-refractivity contribution in [2.24, 2.45) is 0 Å². The number of nitrogens with zero attached hydrogens (tertiary/aromatic N) is 1. The van der Waals surface area contributed by atoms with Crippen LogP contribution >= 0.6 is 0 Å². The molecule has 0 saturated carbocycles. The Labute approximate surface area is 170 Å². The van der Waals surface area contributed by atoms with E-state index in [2.05, 4.69) is 10.6 Å². The fourth-order valence-corrected chi connectivity index (χ4v) is 2.80. The molecule has 0 saturated heterocycles. The number of hydrogen-bond donors (Lipinski definition) is 2. The minimum atomic E-state index is -0.251. The number of anilines is 2. The molecule has 0 spiro atoms. The highest BCUT2D eigenvalue weighted by Gasteiger charge is 2.11. The van der Waals surface area contributed by atoms with Crippen molar-refractivity contribution in [3.63, 3.8) is 0 Å². The highest BCUT2D eigenvalue weighted by Crippen LogP contribution is 2.18. The van der Waals surface area contributed by atoms with E-state index in [9.17, 15) is 9.59 Å². The molecule has 0 heterocycles. The maximum absolute atomic E-state index is 12.5. The van der Waals surface area contributed by atoms with Crippen LogP contribution in [0.5, 0.6) is 5.75 Å². The Balaban J connectivity index is 1.61. The Bertz CT molecular complexity index is 989. The summed E-state index contributed by atoms with van der Waals surface area (Å²) >= 11 is 0. The predicted molar refractivity (Wildman–Crippen MR) is 114 cm³/mol. The highest BCUT2D eigenvalue weighted by molar-refractivity contribution is 6.04. The zero-order chi connectivity index (χ0) is 20.6. The number of urea groups is 1. The van der Waals surface area contributed by atoms with E-state index < -0.39 is 0 Å². The lowest BCUT2D eigenvalue weighted by molar-refractivity contribution is 0.102. The first-order valence-electron chi connectivity index (χ1n) is 9.16. The van der Waals surface area contributed by atoms with Crippen LogP contribution < -0.4 is 15.4 Å². The summed E-state index contributed by atoms with van der Waals surface area (Å²) in [5.74, 6) is 0.544. The summed E-state index contributed by atoms with van der Waals surface area (Å²) in [6, 6.07) is 23.3. The maximum atomic E-state index is 12.5. The van der Waals surface area contributed by atoms with Gasteiger partial charge in [0.1, 0.15) is 5.75 Å². The number of nitrogens with one attached hydrogen (secondary N) is 2. The van der Waals surface area contributed by atoms with Crippen molar-refractivity contribution in [3.05, 3.63) is 90.0 Å². The molecule has 6 heteroatoms. The zero-order valence-corrected chi connectivity index (χ0v) is 16.4. The van der Waals surface area contributed by atoms with E-state index in [1.165, 1.54) is 0 Å². The van der Waals surface area contributed by atoms with Crippen LogP contribution in [0.4, 0.5) is 16.2 Å². The molecule has 0 atom stereocenters. The number of amides is 3. The number of carbonyl (C=O) groups excluding carboxylic acids is 2. The van der Waals surface area contributed by atoms with E-state index in [1.54, 1.807) is 55.5 Å². The summed E-state index contributed by atoms with van der Waals surface area (Å²) in [6.07, 6.45) is 0. The summed E-state index contributed by atoms with van der Waals surface area (Å²) in [7, 11) is 3.33. The molecule has 2 N–H and O–H groups in total. The maximum Gasteiger partial charge on any atom is 0.321 e.